The minimum atomic E-state index is -0.310. The molecular weight excluding hydrogens is 335 g/mol. The lowest BCUT2D eigenvalue weighted by atomic mass is 10.2. The van der Waals surface area contributed by atoms with Gasteiger partial charge in [0, 0.05) is 30.6 Å². The first kappa shape index (κ1) is 15.9. The van der Waals surface area contributed by atoms with Gasteiger partial charge in [-0.2, -0.15) is 14.6 Å². The molecule has 3 heterocycles. The zero-order chi connectivity index (χ0) is 17.9. The highest BCUT2D eigenvalue weighted by molar-refractivity contribution is 5.45. The number of ether oxygens (including phenoxy) is 1. The Morgan fingerprint density at radius 2 is 1.96 bits per heavy atom. The second-order valence-corrected chi connectivity index (χ2v) is 5.67. The summed E-state index contributed by atoms with van der Waals surface area (Å²) < 4.78 is 20.3. The average molecular weight is 350 g/mol. The third-order valence-corrected chi connectivity index (χ3v) is 3.69. The summed E-state index contributed by atoms with van der Waals surface area (Å²) in [5, 5.41) is 7.48. The quantitative estimate of drug-likeness (QED) is 0.595. The fourth-order valence-electron chi connectivity index (χ4n) is 2.49. The van der Waals surface area contributed by atoms with Crippen LogP contribution in [0.4, 0.5) is 10.2 Å². The average Bonchev–Trinajstić information content (AvgIpc) is 3.10. The van der Waals surface area contributed by atoms with Crippen LogP contribution in [-0.4, -0.2) is 24.6 Å². The third-order valence-electron chi connectivity index (χ3n) is 3.69. The molecule has 1 N–H and O–H groups in total. The molecule has 0 atom stereocenters. The van der Waals surface area contributed by atoms with Gasteiger partial charge in [-0.3, -0.25) is 0 Å². The molecular formula is C18H15FN6O. The van der Waals surface area contributed by atoms with Crippen LogP contribution in [0.2, 0.25) is 0 Å². The van der Waals surface area contributed by atoms with Crippen LogP contribution in [0.25, 0.3) is 5.78 Å². The van der Waals surface area contributed by atoms with E-state index >= 15 is 0 Å². The van der Waals surface area contributed by atoms with Crippen LogP contribution >= 0.6 is 0 Å². The van der Waals surface area contributed by atoms with E-state index in [1.807, 2.05) is 25.1 Å². The van der Waals surface area contributed by atoms with E-state index in [0.717, 1.165) is 17.1 Å². The van der Waals surface area contributed by atoms with Crippen molar-refractivity contribution in [3.63, 3.8) is 0 Å². The van der Waals surface area contributed by atoms with Crippen molar-refractivity contribution in [2.45, 2.75) is 13.5 Å². The second kappa shape index (κ2) is 6.75. The van der Waals surface area contributed by atoms with Crippen LogP contribution in [0.15, 0.2) is 55.0 Å². The molecule has 0 amide bonds. The Bertz CT molecular complexity index is 1050. The minimum absolute atomic E-state index is 0.310. The van der Waals surface area contributed by atoms with Gasteiger partial charge >= 0.3 is 0 Å². The number of halogens is 1. The standard InChI is InChI=1S/C18H15FN6O/c1-12-8-16(25-18(24-12)22-11-23-25)21-10-13-6-7-20-17(9-13)26-15-4-2-14(19)3-5-15/h2-9,11,21H,10H2,1H3. The molecule has 0 spiro atoms. The van der Waals surface area contributed by atoms with E-state index in [2.05, 4.69) is 25.4 Å². The number of pyridine rings is 1. The Labute approximate surface area is 148 Å². The first-order chi connectivity index (χ1) is 12.7. The molecule has 0 unspecified atom stereocenters. The summed E-state index contributed by atoms with van der Waals surface area (Å²) in [6, 6.07) is 11.4. The molecule has 0 saturated heterocycles. The molecule has 0 fully saturated rings. The number of fused-ring (bicyclic) bond motifs is 1. The van der Waals surface area contributed by atoms with Gasteiger partial charge in [-0.15, -0.1) is 0 Å². The smallest absolute Gasteiger partial charge is 0.254 e. The summed E-state index contributed by atoms with van der Waals surface area (Å²) in [7, 11) is 0. The van der Waals surface area contributed by atoms with Gasteiger partial charge in [-0.25, -0.2) is 14.4 Å². The molecule has 4 aromatic rings. The van der Waals surface area contributed by atoms with Crippen molar-refractivity contribution in [3.8, 4) is 11.6 Å². The van der Waals surface area contributed by atoms with Crippen molar-refractivity contribution < 1.29 is 9.13 Å². The van der Waals surface area contributed by atoms with Crippen molar-refractivity contribution in [1.82, 2.24) is 24.6 Å². The maximum Gasteiger partial charge on any atom is 0.254 e. The summed E-state index contributed by atoms with van der Waals surface area (Å²) in [5.41, 5.74) is 1.82. The maximum absolute atomic E-state index is 13.0. The fourth-order valence-corrected chi connectivity index (χ4v) is 2.49. The van der Waals surface area contributed by atoms with Gasteiger partial charge in [-0.1, -0.05) is 0 Å². The number of anilines is 1. The van der Waals surface area contributed by atoms with Crippen molar-refractivity contribution in [2.75, 3.05) is 5.32 Å². The fraction of sp³-hybridized carbons (Fsp3) is 0.111. The van der Waals surface area contributed by atoms with Crippen molar-refractivity contribution in [2.24, 2.45) is 0 Å². The molecule has 0 aliphatic rings. The predicted molar refractivity (Wildman–Crippen MR) is 93.6 cm³/mol. The summed E-state index contributed by atoms with van der Waals surface area (Å²) >= 11 is 0. The number of aryl methyl sites for hydroxylation is 1. The normalized spacial score (nSPS) is 10.8. The van der Waals surface area contributed by atoms with Gasteiger partial charge < -0.3 is 10.1 Å². The van der Waals surface area contributed by atoms with Gasteiger partial charge in [0.15, 0.2) is 0 Å². The van der Waals surface area contributed by atoms with Crippen molar-refractivity contribution >= 4 is 11.6 Å². The highest BCUT2D eigenvalue weighted by Crippen LogP contribution is 2.21. The zero-order valence-electron chi connectivity index (χ0n) is 13.9. The first-order valence-corrected chi connectivity index (χ1v) is 7.97. The van der Waals surface area contributed by atoms with Gasteiger partial charge in [0.05, 0.1) is 0 Å². The number of nitrogens with one attached hydrogen (secondary N) is 1. The molecule has 4 rings (SSSR count). The number of aromatic nitrogens is 5. The largest absolute Gasteiger partial charge is 0.439 e. The monoisotopic (exact) mass is 350 g/mol. The van der Waals surface area contributed by atoms with E-state index in [9.17, 15) is 4.39 Å². The first-order valence-electron chi connectivity index (χ1n) is 7.97. The second-order valence-electron chi connectivity index (χ2n) is 5.67. The molecule has 3 aromatic heterocycles. The molecule has 0 aliphatic carbocycles. The topological polar surface area (TPSA) is 77.2 Å². The summed E-state index contributed by atoms with van der Waals surface area (Å²) in [6.45, 7) is 2.45. The molecule has 130 valence electrons. The van der Waals surface area contributed by atoms with Crippen LogP contribution < -0.4 is 10.1 Å². The molecule has 0 radical (unpaired) electrons. The minimum Gasteiger partial charge on any atom is -0.439 e. The summed E-state index contributed by atoms with van der Waals surface area (Å²) in [6.07, 6.45) is 3.13. The Kier molecular flexibility index (Phi) is 4.14. The molecule has 26 heavy (non-hydrogen) atoms. The lowest BCUT2D eigenvalue weighted by Crippen LogP contribution is -2.07. The Morgan fingerprint density at radius 3 is 2.81 bits per heavy atom. The van der Waals surface area contributed by atoms with E-state index < -0.39 is 0 Å². The van der Waals surface area contributed by atoms with E-state index in [0.29, 0.717) is 24.0 Å². The molecule has 0 saturated carbocycles. The van der Waals surface area contributed by atoms with E-state index in [-0.39, 0.29) is 5.82 Å². The molecule has 8 heteroatoms. The zero-order valence-corrected chi connectivity index (χ0v) is 13.9. The van der Waals surface area contributed by atoms with E-state index in [4.69, 9.17) is 4.74 Å². The van der Waals surface area contributed by atoms with Crippen molar-refractivity contribution in [1.29, 1.82) is 0 Å². The van der Waals surface area contributed by atoms with Gasteiger partial charge in [-0.05, 0) is 42.8 Å². The van der Waals surface area contributed by atoms with Crippen LogP contribution in [0, 0.1) is 12.7 Å². The molecule has 0 aliphatic heterocycles. The van der Waals surface area contributed by atoms with E-state index in [1.54, 1.807) is 22.8 Å². The molecule has 7 nitrogen and oxygen atoms in total. The number of benzene rings is 1. The summed E-state index contributed by atoms with van der Waals surface area (Å²) in [4.78, 5) is 12.6. The predicted octanol–water partition coefficient (Wildman–Crippen LogP) is 3.37. The van der Waals surface area contributed by atoms with Crippen LogP contribution in [-0.2, 0) is 6.54 Å². The number of nitrogens with zero attached hydrogens (tertiary/aromatic N) is 5. The SMILES string of the molecule is Cc1cc(NCc2ccnc(Oc3ccc(F)cc3)c2)n2ncnc2n1. The van der Waals surface area contributed by atoms with Crippen LogP contribution in [0.5, 0.6) is 11.6 Å². The summed E-state index contributed by atoms with van der Waals surface area (Å²) in [5.74, 6) is 1.99. The molecule has 1 aromatic carbocycles. The molecule has 0 bridgehead atoms. The number of hydrogen-bond acceptors (Lipinski definition) is 6. The van der Waals surface area contributed by atoms with Crippen molar-refractivity contribution in [3.05, 3.63) is 72.1 Å². The Morgan fingerprint density at radius 1 is 1.12 bits per heavy atom. The van der Waals surface area contributed by atoms with Gasteiger partial charge in [0.2, 0.25) is 5.88 Å². The number of hydrogen-bond donors (Lipinski definition) is 1. The third kappa shape index (κ3) is 3.44. The van der Waals surface area contributed by atoms with Crippen LogP contribution in [0.3, 0.4) is 0 Å². The Hall–Kier alpha value is -3.55. The lowest BCUT2D eigenvalue weighted by molar-refractivity contribution is 0.460. The van der Waals surface area contributed by atoms with Gasteiger partial charge in [0.25, 0.3) is 5.78 Å². The number of rotatable bonds is 5. The highest BCUT2D eigenvalue weighted by Gasteiger charge is 2.06. The van der Waals surface area contributed by atoms with E-state index in [1.165, 1.54) is 18.5 Å². The highest BCUT2D eigenvalue weighted by atomic mass is 19.1. The maximum atomic E-state index is 13.0. The Balaban J connectivity index is 1.50. The van der Waals surface area contributed by atoms with Crippen LogP contribution in [0.1, 0.15) is 11.3 Å². The lowest BCUT2D eigenvalue weighted by Gasteiger charge is -2.10. The van der Waals surface area contributed by atoms with Gasteiger partial charge in [0.1, 0.15) is 23.7 Å².